The van der Waals surface area contributed by atoms with E-state index in [4.69, 9.17) is 0 Å². The van der Waals surface area contributed by atoms with E-state index in [1.165, 1.54) is 0 Å². The summed E-state index contributed by atoms with van der Waals surface area (Å²) in [5, 5.41) is 8.26. The Bertz CT molecular complexity index is 3830. The monoisotopic (exact) mass is 974 g/mol. The Morgan fingerprint density at radius 3 is 0.447 bits per heavy atom. The molecule has 0 unspecified atom stereocenters. The zero-order valence-corrected chi connectivity index (χ0v) is 40.7. The summed E-state index contributed by atoms with van der Waals surface area (Å²) < 4.78 is 0. The fraction of sp³-hybridized carbons (Fsp3) is 0. The minimum atomic E-state index is -0.630. The Balaban J connectivity index is 1.38. The quantitative estimate of drug-likeness (QED) is 0.117. The number of carbonyl (C=O) groups excluding carboxylic acids is 4. The van der Waals surface area contributed by atoms with Crippen molar-refractivity contribution in [2.24, 2.45) is 0 Å². The first kappa shape index (κ1) is 44.4. The minimum absolute atomic E-state index is 0.204. The predicted molar refractivity (Wildman–Crippen MR) is 306 cm³/mol. The lowest BCUT2D eigenvalue weighted by molar-refractivity contribution is 0.0826. The SMILES string of the molecule is O=C1NC(=O)c2c3c(-c4ccccc4)c(-c4ccccc4)c(-c4ccccc4)c(-c4ccccc4)c3c3c4c(c5c(-c6ccccc6)c(-c6ccccc6)c(-c6ccccc6)c(-c6ccccc6)c5c1c24)C(=O)NC3=O. The molecule has 0 saturated heterocycles. The van der Waals surface area contributed by atoms with Crippen molar-refractivity contribution < 1.29 is 19.2 Å². The molecule has 0 fully saturated rings. The highest BCUT2D eigenvalue weighted by atomic mass is 16.2. The predicted octanol–water partition coefficient (Wildman–Crippen LogP) is 16.2. The molecule has 0 aliphatic carbocycles. The van der Waals surface area contributed by atoms with E-state index >= 15 is 19.2 Å². The summed E-state index contributed by atoms with van der Waals surface area (Å²) in [5.41, 5.74) is 13.7. The first-order valence-electron chi connectivity index (χ1n) is 25.4. The van der Waals surface area contributed by atoms with Gasteiger partial charge in [0.25, 0.3) is 23.6 Å². The average Bonchev–Trinajstić information content (AvgIpc) is 3.61. The molecule has 4 amide bonds. The van der Waals surface area contributed by atoms with Crippen LogP contribution in [0.4, 0.5) is 0 Å². The lowest BCUT2D eigenvalue weighted by atomic mass is 9.70. The van der Waals surface area contributed by atoms with Gasteiger partial charge in [-0.25, -0.2) is 0 Å². The van der Waals surface area contributed by atoms with Gasteiger partial charge in [-0.15, -0.1) is 0 Å². The average molecular weight is 975 g/mol. The van der Waals surface area contributed by atoms with Crippen molar-refractivity contribution in [1.29, 1.82) is 0 Å². The third-order valence-corrected chi connectivity index (χ3v) is 15.1. The Morgan fingerprint density at radius 1 is 0.158 bits per heavy atom. The van der Waals surface area contributed by atoms with E-state index < -0.39 is 23.6 Å². The number of hydrogen-bond acceptors (Lipinski definition) is 4. The van der Waals surface area contributed by atoms with Gasteiger partial charge in [-0.3, -0.25) is 29.8 Å². The number of benzene rings is 12. The molecule has 356 valence electrons. The number of rotatable bonds is 8. The first-order chi connectivity index (χ1) is 37.5. The second kappa shape index (κ2) is 17.7. The third kappa shape index (κ3) is 6.67. The highest BCUT2D eigenvalue weighted by Gasteiger charge is 2.43. The van der Waals surface area contributed by atoms with E-state index in [2.05, 4.69) is 59.2 Å². The normalized spacial score (nSPS) is 12.8. The van der Waals surface area contributed by atoms with Gasteiger partial charge >= 0.3 is 0 Å². The number of carbonyl (C=O) groups is 4. The summed E-state index contributed by atoms with van der Waals surface area (Å²) in [6, 6.07) is 80.4. The zero-order valence-electron chi connectivity index (χ0n) is 40.7. The molecule has 2 aliphatic rings. The van der Waals surface area contributed by atoms with Crippen LogP contribution in [-0.2, 0) is 0 Å². The number of imide groups is 2. The molecule has 12 aromatic rings. The molecule has 0 atom stereocenters. The summed E-state index contributed by atoms with van der Waals surface area (Å²) in [6.07, 6.45) is 0. The number of hydrogen-bond donors (Lipinski definition) is 2. The van der Waals surface area contributed by atoms with Crippen molar-refractivity contribution in [2.45, 2.75) is 0 Å². The van der Waals surface area contributed by atoms with E-state index in [1.807, 2.05) is 194 Å². The van der Waals surface area contributed by atoms with Gasteiger partial charge in [-0.1, -0.05) is 243 Å². The fourth-order valence-electron chi connectivity index (χ4n) is 12.3. The first-order valence-corrected chi connectivity index (χ1v) is 25.4. The second-order valence-electron chi connectivity index (χ2n) is 19.2. The van der Waals surface area contributed by atoms with Crippen LogP contribution < -0.4 is 10.6 Å². The Morgan fingerprint density at radius 2 is 0.289 bits per heavy atom. The van der Waals surface area contributed by atoms with Crippen LogP contribution in [-0.4, -0.2) is 23.6 Å². The molecule has 0 spiro atoms. The molecule has 0 aromatic heterocycles. The van der Waals surface area contributed by atoms with Gasteiger partial charge in [0, 0.05) is 32.3 Å². The van der Waals surface area contributed by atoms with E-state index in [1.54, 1.807) is 0 Å². The largest absolute Gasteiger partial charge is 0.288 e. The highest BCUT2D eigenvalue weighted by Crippen LogP contribution is 2.59. The van der Waals surface area contributed by atoms with Crippen molar-refractivity contribution >= 4 is 55.9 Å². The van der Waals surface area contributed by atoms with Crippen molar-refractivity contribution in [3.8, 4) is 89.0 Å². The summed E-state index contributed by atoms with van der Waals surface area (Å²) in [5.74, 6) is -2.52. The second-order valence-corrected chi connectivity index (χ2v) is 19.2. The molecule has 2 N–H and O–H groups in total. The van der Waals surface area contributed by atoms with Gasteiger partial charge in [0.15, 0.2) is 0 Å². The number of fused-ring (bicyclic) bond motifs is 6. The van der Waals surface area contributed by atoms with Crippen molar-refractivity contribution in [1.82, 2.24) is 10.6 Å². The molecule has 12 aromatic carbocycles. The highest BCUT2D eigenvalue weighted by molar-refractivity contribution is 6.47. The third-order valence-electron chi connectivity index (χ3n) is 15.1. The van der Waals surface area contributed by atoms with Gasteiger partial charge in [0.2, 0.25) is 0 Å². The van der Waals surface area contributed by atoms with Gasteiger partial charge in [0.05, 0.1) is 22.3 Å². The van der Waals surface area contributed by atoms with Gasteiger partial charge in [-0.05, 0) is 89.0 Å². The molecular formula is C70H42N2O4. The number of nitrogens with one attached hydrogen (secondary N) is 2. The van der Waals surface area contributed by atoms with Crippen LogP contribution in [0.5, 0.6) is 0 Å². The molecular weight excluding hydrogens is 933 g/mol. The van der Waals surface area contributed by atoms with Crippen LogP contribution >= 0.6 is 0 Å². The van der Waals surface area contributed by atoms with Crippen LogP contribution in [0.25, 0.3) is 121 Å². The standard InChI is InChI=1S/C70H42N2O4/c73-67-63-57-53(45-33-17-5-18-34-45)49(41-25-9-1-10-26-41)50(42-27-11-2-12-28-42)54(46-35-19-6-20-36-46)58(57)64-62-61(63)65(69(75)71-67)59-55(47-37-21-7-22-38-47)51(43-29-13-3-14-30-43)52(44-31-15-4-16-32-44)56(48-39-23-8-24-40-48)60(59)66(62)70(76)72-68(64)74/h1-40H,(H,71,73,75)(H,72,74,76). The maximum Gasteiger partial charge on any atom is 0.259 e. The maximum absolute atomic E-state index is 15.8. The van der Waals surface area contributed by atoms with Crippen LogP contribution in [0.3, 0.4) is 0 Å². The molecule has 76 heavy (non-hydrogen) atoms. The van der Waals surface area contributed by atoms with Crippen molar-refractivity contribution in [2.75, 3.05) is 0 Å². The Hall–Kier alpha value is -10.3. The van der Waals surface area contributed by atoms with Crippen LogP contribution in [0, 0.1) is 0 Å². The molecule has 6 nitrogen and oxygen atoms in total. The van der Waals surface area contributed by atoms with Gasteiger partial charge in [0.1, 0.15) is 0 Å². The van der Waals surface area contributed by atoms with E-state index in [-0.39, 0.29) is 33.0 Å². The van der Waals surface area contributed by atoms with E-state index in [0.717, 1.165) is 66.8 Å². The molecule has 0 bridgehead atoms. The summed E-state index contributed by atoms with van der Waals surface area (Å²) >= 11 is 0. The van der Waals surface area contributed by atoms with Gasteiger partial charge in [-0.2, -0.15) is 0 Å². The fourth-order valence-corrected chi connectivity index (χ4v) is 12.3. The lowest BCUT2D eigenvalue weighted by Crippen LogP contribution is -2.39. The van der Waals surface area contributed by atoms with E-state index in [9.17, 15) is 0 Å². The smallest absolute Gasteiger partial charge is 0.259 e. The Labute approximate surface area is 437 Å². The van der Waals surface area contributed by atoms with Crippen molar-refractivity contribution in [3.05, 3.63) is 265 Å². The van der Waals surface area contributed by atoms with E-state index in [0.29, 0.717) is 43.8 Å². The van der Waals surface area contributed by atoms with Crippen LogP contribution in [0.2, 0.25) is 0 Å². The summed E-state index contributed by atoms with van der Waals surface area (Å²) in [7, 11) is 0. The molecule has 6 heteroatoms. The minimum Gasteiger partial charge on any atom is -0.288 e. The summed E-state index contributed by atoms with van der Waals surface area (Å²) in [4.78, 5) is 63.2. The van der Waals surface area contributed by atoms with Crippen molar-refractivity contribution in [3.63, 3.8) is 0 Å². The maximum atomic E-state index is 15.8. The molecule has 2 heterocycles. The summed E-state index contributed by atoms with van der Waals surface area (Å²) in [6.45, 7) is 0. The molecule has 0 radical (unpaired) electrons. The molecule has 2 aliphatic heterocycles. The van der Waals surface area contributed by atoms with Gasteiger partial charge < -0.3 is 0 Å². The lowest BCUT2D eigenvalue weighted by Gasteiger charge is -2.33. The Kier molecular flexibility index (Phi) is 10.4. The molecule has 14 rings (SSSR count). The molecule has 0 saturated carbocycles. The van der Waals surface area contributed by atoms with Crippen LogP contribution in [0.15, 0.2) is 243 Å². The number of amides is 4. The topological polar surface area (TPSA) is 92.3 Å². The zero-order chi connectivity index (χ0) is 51.0. The van der Waals surface area contributed by atoms with Crippen LogP contribution in [0.1, 0.15) is 41.4 Å².